The third-order valence-corrected chi connectivity index (χ3v) is 0.605. The van der Waals surface area contributed by atoms with Gasteiger partial charge in [-0.1, -0.05) is 13.8 Å². The van der Waals surface area contributed by atoms with E-state index in [-0.39, 0.29) is 19.4 Å². The van der Waals surface area contributed by atoms with Crippen LogP contribution in [0.2, 0.25) is 0 Å². The Kier molecular flexibility index (Phi) is 23.5. The van der Waals surface area contributed by atoms with E-state index < -0.39 is 11.9 Å². The minimum absolute atomic E-state index is 0.222. The topological polar surface area (TPSA) is 94.8 Å². The maximum atomic E-state index is 9.37. The second-order valence-electron chi connectivity index (χ2n) is 1.81. The highest BCUT2D eigenvalue weighted by Gasteiger charge is 1.81. The fraction of sp³-hybridized carbons (Fsp3) is 0.750. The van der Waals surface area contributed by atoms with Crippen LogP contribution in [-0.4, -0.2) is 33.9 Å². The number of aliphatic hydroxyl groups excluding tert-OH is 1. The molecule has 0 aliphatic rings. The van der Waals surface area contributed by atoms with Gasteiger partial charge in [-0.25, -0.2) is 0 Å². The van der Waals surface area contributed by atoms with Gasteiger partial charge in [0.15, 0.2) is 0 Å². The number of hydrogen-bond acceptors (Lipinski definition) is 3. The first-order chi connectivity index (χ1) is 5.95. The smallest absolute Gasteiger partial charge is 0.303 e. The molecule has 13 heavy (non-hydrogen) atoms. The summed E-state index contributed by atoms with van der Waals surface area (Å²) in [5.41, 5.74) is 0. The zero-order valence-electron chi connectivity index (χ0n) is 8.28. The van der Waals surface area contributed by atoms with Crippen LogP contribution in [0.25, 0.3) is 0 Å². The lowest BCUT2D eigenvalue weighted by molar-refractivity contribution is -0.137. The van der Waals surface area contributed by atoms with Crippen LogP contribution in [0.5, 0.6) is 0 Å². The third-order valence-electron chi connectivity index (χ3n) is 0.605. The molecular formula is C8H18O5. The summed E-state index contributed by atoms with van der Waals surface area (Å²) in [6, 6.07) is 0. The predicted octanol–water partition coefficient (Wildman–Crippen LogP) is 0.961. The number of rotatable bonds is 2. The van der Waals surface area contributed by atoms with Gasteiger partial charge in [0.2, 0.25) is 0 Å². The van der Waals surface area contributed by atoms with Gasteiger partial charge in [0, 0.05) is 19.4 Å². The van der Waals surface area contributed by atoms with Crippen molar-refractivity contribution in [2.24, 2.45) is 0 Å². The van der Waals surface area contributed by atoms with Gasteiger partial charge in [0.25, 0.3) is 0 Å². The van der Waals surface area contributed by atoms with Crippen molar-refractivity contribution in [3.63, 3.8) is 0 Å². The van der Waals surface area contributed by atoms with Crippen molar-refractivity contribution in [1.29, 1.82) is 0 Å². The molecule has 0 rings (SSSR count). The number of carboxylic acid groups (broad SMARTS) is 2. The van der Waals surface area contributed by atoms with Crippen LogP contribution in [0.15, 0.2) is 0 Å². The monoisotopic (exact) mass is 194 g/mol. The van der Waals surface area contributed by atoms with Crippen molar-refractivity contribution in [3.8, 4) is 0 Å². The molecule has 0 bridgehead atoms. The molecule has 0 unspecified atom stereocenters. The predicted molar refractivity (Wildman–Crippen MR) is 48.6 cm³/mol. The molecule has 0 aliphatic heterocycles. The maximum Gasteiger partial charge on any atom is 0.303 e. The quantitative estimate of drug-likeness (QED) is 0.608. The van der Waals surface area contributed by atoms with E-state index in [1.165, 1.54) is 0 Å². The summed E-state index contributed by atoms with van der Waals surface area (Å²) < 4.78 is 0. The molecule has 0 fully saturated rings. The molecule has 0 radical (unpaired) electrons. The number of carboxylic acids is 2. The SMILES string of the molecule is CCC(=O)O.CCC(=O)O.CCO. The van der Waals surface area contributed by atoms with Gasteiger partial charge in [0.1, 0.15) is 0 Å². The van der Waals surface area contributed by atoms with Crippen molar-refractivity contribution < 1.29 is 24.9 Å². The van der Waals surface area contributed by atoms with Gasteiger partial charge < -0.3 is 15.3 Å². The highest BCUT2D eigenvalue weighted by molar-refractivity contribution is 5.66. The lowest BCUT2D eigenvalue weighted by Gasteiger charge is -1.71. The Morgan fingerprint density at radius 2 is 1.00 bits per heavy atom. The normalized spacial score (nSPS) is 7.08. The lowest BCUT2D eigenvalue weighted by atomic mass is 10.5. The Balaban J connectivity index is -0.000000120. The molecule has 0 atom stereocenters. The van der Waals surface area contributed by atoms with Crippen LogP contribution >= 0.6 is 0 Å². The van der Waals surface area contributed by atoms with Crippen molar-refractivity contribution in [2.45, 2.75) is 33.6 Å². The van der Waals surface area contributed by atoms with E-state index in [0.29, 0.717) is 0 Å². The molecule has 0 aromatic rings. The Morgan fingerprint density at radius 1 is 0.923 bits per heavy atom. The lowest BCUT2D eigenvalue weighted by Crippen LogP contribution is -1.86. The number of carbonyl (C=O) groups is 2. The second-order valence-corrected chi connectivity index (χ2v) is 1.81. The maximum absolute atomic E-state index is 9.37. The van der Waals surface area contributed by atoms with Gasteiger partial charge >= 0.3 is 11.9 Å². The van der Waals surface area contributed by atoms with Crippen molar-refractivity contribution in [1.82, 2.24) is 0 Å². The summed E-state index contributed by atoms with van der Waals surface area (Å²) in [5.74, 6) is -1.49. The van der Waals surface area contributed by atoms with Crippen molar-refractivity contribution >= 4 is 11.9 Å². The van der Waals surface area contributed by atoms with E-state index in [9.17, 15) is 9.59 Å². The molecule has 3 N–H and O–H groups in total. The first-order valence-corrected chi connectivity index (χ1v) is 4.00. The largest absolute Gasteiger partial charge is 0.481 e. The van der Waals surface area contributed by atoms with E-state index in [4.69, 9.17) is 15.3 Å². The molecule has 0 aliphatic carbocycles. The number of hydrogen-bond donors (Lipinski definition) is 3. The molecule has 0 amide bonds. The van der Waals surface area contributed by atoms with Crippen LogP contribution in [-0.2, 0) is 9.59 Å². The van der Waals surface area contributed by atoms with Crippen LogP contribution in [0.3, 0.4) is 0 Å². The summed E-state index contributed by atoms with van der Waals surface area (Å²) in [7, 11) is 0. The Hall–Kier alpha value is -1.10. The fourth-order valence-electron chi connectivity index (χ4n) is 0. The molecule has 0 spiro atoms. The van der Waals surface area contributed by atoms with Gasteiger partial charge in [-0.05, 0) is 6.92 Å². The van der Waals surface area contributed by atoms with E-state index in [2.05, 4.69) is 0 Å². The average molecular weight is 194 g/mol. The minimum atomic E-state index is -0.745. The van der Waals surface area contributed by atoms with Crippen molar-refractivity contribution in [3.05, 3.63) is 0 Å². The molecule has 5 heteroatoms. The standard InChI is InChI=1S/2C3H6O2.C2H6O/c2*1-2-3(4)5;1-2-3/h2*2H2,1H3,(H,4,5);3H,2H2,1H3. The van der Waals surface area contributed by atoms with Crippen LogP contribution in [0, 0.1) is 0 Å². The molecule has 80 valence electrons. The minimum Gasteiger partial charge on any atom is -0.481 e. The summed E-state index contributed by atoms with van der Waals surface area (Å²) >= 11 is 0. The summed E-state index contributed by atoms with van der Waals surface area (Å²) in [6.07, 6.45) is 0.444. The summed E-state index contributed by atoms with van der Waals surface area (Å²) in [5, 5.41) is 23.0. The Bertz CT molecular complexity index is 108. The highest BCUT2D eigenvalue weighted by atomic mass is 16.4. The Labute approximate surface area is 78.0 Å². The van der Waals surface area contributed by atoms with Gasteiger partial charge in [-0.3, -0.25) is 9.59 Å². The van der Waals surface area contributed by atoms with Crippen molar-refractivity contribution in [2.75, 3.05) is 6.61 Å². The summed E-state index contributed by atoms with van der Waals surface area (Å²) in [6.45, 7) is 5.13. The molecule has 0 saturated heterocycles. The molecule has 0 aromatic carbocycles. The van der Waals surface area contributed by atoms with Gasteiger partial charge in [0.05, 0.1) is 0 Å². The molecular weight excluding hydrogens is 176 g/mol. The Morgan fingerprint density at radius 3 is 1.00 bits per heavy atom. The summed E-state index contributed by atoms with van der Waals surface area (Å²) in [4.78, 5) is 18.7. The number of aliphatic carboxylic acids is 2. The van der Waals surface area contributed by atoms with Crippen LogP contribution in [0.4, 0.5) is 0 Å². The first kappa shape index (κ1) is 17.8. The fourth-order valence-corrected chi connectivity index (χ4v) is 0. The van der Waals surface area contributed by atoms with E-state index in [1.807, 2.05) is 0 Å². The van der Waals surface area contributed by atoms with Gasteiger partial charge in [-0.2, -0.15) is 0 Å². The van der Waals surface area contributed by atoms with Crippen LogP contribution in [0.1, 0.15) is 33.6 Å². The van der Waals surface area contributed by atoms with Gasteiger partial charge in [-0.15, -0.1) is 0 Å². The first-order valence-electron chi connectivity index (χ1n) is 4.00. The third kappa shape index (κ3) is 103. The molecule has 0 heterocycles. The molecule has 0 aromatic heterocycles. The van der Waals surface area contributed by atoms with E-state index in [1.54, 1.807) is 20.8 Å². The second kappa shape index (κ2) is 17.1. The average Bonchev–Trinajstić information content (AvgIpc) is 2.07. The molecule has 0 saturated carbocycles. The number of aliphatic hydroxyl groups is 1. The van der Waals surface area contributed by atoms with Crippen LogP contribution < -0.4 is 0 Å². The zero-order valence-corrected chi connectivity index (χ0v) is 8.28. The highest BCUT2D eigenvalue weighted by Crippen LogP contribution is 1.67. The van der Waals surface area contributed by atoms with E-state index >= 15 is 0 Å². The molecule has 5 nitrogen and oxygen atoms in total. The zero-order chi connectivity index (χ0) is 11.3. The van der Waals surface area contributed by atoms with E-state index in [0.717, 1.165) is 0 Å².